The lowest BCUT2D eigenvalue weighted by Crippen LogP contribution is -2.33. The Labute approximate surface area is 135 Å². The maximum atomic E-state index is 12.7. The topological polar surface area (TPSA) is 50.8 Å². The first kappa shape index (κ1) is 15.2. The summed E-state index contributed by atoms with van der Waals surface area (Å²) in [6.07, 6.45) is 0.731. The van der Waals surface area contributed by atoms with Crippen molar-refractivity contribution in [1.82, 2.24) is 0 Å². The number of hydrogen-bond acceptors (Lipinski definition) is 4. The first-order chi connectivity index (χ1) is 11.2. The quantitative estimate of drug-likeness (QED) is 0.922. The number of anilines is 2. The van der Waals surface area contributed by atoms with Crippen LogP contribution in [0.2, 0.25) is 0 Å². The number of para-hydroxylation sites is 4. The molecule has 3 rings (SSSR count). The fourth-order valence-electron chi connectivity index (χ4n) is 2.86. The largest absolute Gasteiger partial charge is 0.495 e. The van der Waals surface area contributed by atoms with Gasteiger partial charge in [0.2, 0.25) is 5.91 Å². The number of amides is 1. The summed E-state index contributed by atoms with van der Waals surface area (Å²) in [5.74, 6) is 1.48. The van der Waals surface area contributed by atoms with Crippen LogP contribution in [-0.4, -0.2) is 32.7 Å². The van der Waals surface area contributed by atoms with E-state index in [1.54, 1.807) is 19.1 Å². The molecule has 0 spiro atoms. The second kappa shape index (κ2) is 6.60. The molecule has 1 aliphatic rings. The van der Waals surface area contributed by atoms with Gasteiger partial charge in [0.05, 0.1) is 25.6 Å². The summed E-state index contributed by atoms with van der Waals surface area (Å²) >= 11 is 0. The molecule has 5 nitrogen and oxygen atoms in total. The minimum Gasteiger partial charge on any atom is -0.495 e. The van der Waals surface area contributed by atoms with E-state index in [0.717, 1.165) is 23.5 Å². The molecule has 0 bridgehead atoms. The Balaban J connectivity index is 1.79. The van der Waals surface area contributed by atoms with E-state index in [-0.39, 0.29) is 11.9 Å². The number of carbonyl (C=O) groups is 1. The molecular weight excluding hydrogens is 292 g/mol. The summed E-state index contributed by atoms with van der Waals surface area (Å²) in [6.45, 7) is 0.659. The van der Waals surface area contributed by atoms with Gasteiger partial charge >= 0.3 is 0 Å². The summed E-state index contributed by atoms with van der Waals surface area (Å²) in [6, 6.07) is 14.9. The Kier molecular flexibility index (Phi) is 4.37. The van der Waals surface area contributed by atoms with Gasteiger partial charge in [-0.2, -0.15) is 0 Å². The fourth-order valence-corrected chi connectivity index (χ4v) is 2.86. The Morgan fingerprint density at radius 3 is 2.39 bits per heavy atom. The Morgan fingerprint density at radius 1 is 1.00 bits per heavy atom. The van der Waals surface area contributed by atoms with Crippen molar-refractivity contribution < 1.29 is 14.3 Å². The van der Waals surface area contributed by atoms with Crippen LogP contribution in [0.15, 0.2) is 48.5 Å². The number of hydrogen-bond donors (Lipinski definition) is 1. The van der Waals surface area contributed by atoms with Crippen LogP contribution in [0.1, 0.15) is 6.42 Å². The average molecular weight is 312 g/mol. The standard InChI is InChI=1S/C18H20N2O3/c1-22-16-9-5-3-7-13(16)19-14-11-12-20(18(14)21)15-8-4-6-10-17(15)23-2/h3-10,14,19H,11-12H2,1-2H3. The Bertz CT molecular complexity index is 702. The van der Waals surface area contributed by atoms with Gasteiger partial charge < -0.3 is 19.7 Å². The summed E-state index contributed by atoms with van der Waals surface area (Å²) in [5, 5.41) is 3.29. The SMILES string of the molecule is COc1ccccc1NC1CCN(c2ccccc2OC)C1=O. The summed E-state index contributed by atoms with van der Waals surface area (Å²) in [4.78, 5) is 14.5. The first-order valence-electron chi connectivity index (χ1n) is 7.58. The van der Waals surface area contributed by atoms with E-state index < -0.39 is 0 Å². The lowest BCUT2D eigenvalue weighted by molar-refractivity contribution is -0.117. The van der Waals surface area contributed by atoms with Crippen LogP contribution in [0, 0.1) is 0 Å². The highest BCUT2D eigenvalue weighted by molar-refractivity contribution is 6.02. The zero-order chi connectivity index (χ0) is 16.2. The molecule has 1 amide bonds. The molecular formula is C18H20N2O3. The molecule has 2 aromatic rings. The molecule has 23 heavy (non-hydrogen) atoms. The van der Waals surface area contributed by atoms with Crippen molar-refractivity contribution in [2.45, 2.75) is 12.5 Å². The molecule has 1 N–H and O–H groups in total. The molecule has 2 aromatic carbocycles. The second-order valence-electron chi connectivity index (χ2n) is 5.35. The van der Waals surface area contributed by atoms with Gasteiger partial charge in [0, 0.05) is 6.54 Å². The third kappa shape index (κ3) is 2.95. The van der Waals surface area contributed by atoms with E-state index in [4.69, 9.17) is 9.47 Å². The van der Waals surface area contributed by atoms with Gasteiger partial charge in [0.1, 0.15) is 17.5 Å². The van der Waals surface area contributed by atoms with Crippen molar-refractivity contribution in [2.75, 3.05) is 31.0 Å². The van der Waals surface area contributed by atoms with Gasteiger partial charge in [-0.15, -0.1) is 0 Å². The average Bonchev–Trinajstić information content (AvgIpc) is 2.96. The van der Waals surface area contributed by atoms with Crippen molar-refractivity contribution in [3.63, 3.8) is 0 Å². The Morgan fingerprint density at radius 2 is 1.65 bits per heavy atom. The maximum Gasteiger partial charge on any atom is 0.249 e. The zero-order valence-electron chi connectivity index (χ0n) is 13.3. The number of nitrogens with zero attached hydrogens (tertiary/aromatic N) is 1. The van der Waals surface area contributed by atoms with Crippen LogP contribution in [0.25, 0.3) is 0 Å². The van der Waals surface area contributed by atoms with Gasteiger partial charge in [-0.25, -0.2) is 0 Å². The molecule has 0 radical (unpaired) electrons. The van der Waals surface area contributed by atoms with Crippen LogP contribution in [0.4, 0.5) is 11.4 Å². The van der Waals surface area contributed by atoms with Crippen LogP contribution in [0.5, 0.6) is 11.5 Å². The van der Waals surface area contributed by atoms with Crippen molar-refractivity contribution in [1.29, 1.82) is 0 Å². The number of rotatable bonds is 5. The number of ether oxygens (including phenoxy) is 2. The van der Waals surface area contributed by atoms with E-state index >= 15 is 0 Å². The molecule has 1 saturated heterocycles. The monoisotopic (exact) mass is 312 g/mol. The van der Waals surface area contributed by atoms with Gasteiger partial charge in [0.25, 0.3) is 0 Å². The molecule has 0 aromatic heterocycles. The predicted octanol–water partition coefficient (Wildman–Crippen LogP) is 2.92. The highest BCUT2D eigenvalue weighted by Crippen LogP contribution is 2.32. The van der Waals surface area contributed by atoms with E-state index in [9.17, 15) is 4.79 Å². The van der Waals surface area contributed by atoms with E-state index in [0.29, 0.717) is 12.3 Å². The van der Waals surface area contributed by atoms with Crippen molar-refractivity contribution in [3.8, 4) is 11.5 Å². The molecule has 1 unspecified atom stereocenters. The van der Waals surface area contributed by atoms with Gasteiger partial charge in [0.15, 0.2) is 0 Å². The van der Waals surface area contributed by atoms with E-state index in [2.05, 4.69) is 5.32 Å². The summed E-state index contributed by atoms with van der Waals surface area (Å²) < 4.78 is 10.7. The molecule has 1 aliphatic heterocycles. The predicted molar refractivity (Wildman–Crippen MR) is 90.4 cm³/mol. The van der Waals surface area contributed by atoms with Crippen LogP contribution >= 0.6 is 0 Å². The highest BCUT2D eigenvalue weighted by Gasteiger charge is 2.34. The molecule has 1 heterocycles. The third-order valence-corrected chi connectivity index (χ3v) is 4.02. The lowest BCUT2D eigenvalue weighted by atomic mass is 10.2. The molecule has 1 fully saturated rings. The summed E-state index contributed by atoms with van der Waals surface area (Å²) in [7, 11) is 3.24. The highest BCUT2D eigenvalue weighted by atomic mass is 16.5. The van der Waals surface area contributed by atoms with Crippen LogP contribution < -0.4 is 19.7 Å². The number of methoxy groups -OCH3 is 2. The van der Waals surface area contributed by atoms with Crippen molar-refractivity contribution >= 4 is 17.3 Å². The van der Waals surface area contributed by atoms with Gasteiger partial charge in [-0.1, -0.05) is 24.3 Å². The fraction of sp³-hybridized carbons (Fsp3) is 0.278. The normalized spacial score (nSPS) is 17.2. The molecule has 0 aliphatic carbocycles. The van der Waals surface area contributed by atoms with Crippen LogP contribution in [0.3, 0.4) is 0 Å². The second-order valence-corrected chi connectivity index (χ2v) is 5.35. The maximum absolute atomic E-state index is 12.7. The smallest absolute Gasteiger partial charge is 0.249 e. The van der Waals surface area contributed by atoms with Crippen LogP contribution in [-0.2, 0) is 4.79 Å². The first-order valence-corrected chi connectivity index (χ1v) is 7.58. The van der Waals surface area contributed by atoms with Gasteiger partial charge in [-0.3, -0.25) is 4.79 Å². The van der Waals surface area contributed by atoms with E-state index in [1.165, 1.54) is 0 Å². The number of nitrogens with one attached hydrogen (secondary N) is 1. The molecule has 120 valence electrons. The molecule has 0 saturated carbocycles. The summed E-state index contributed by atoms with van der Waals surface area (Å²) in [5.41, 5.74) is 1.64. The lowest BCUT2D eigenvalue weighted by Gasteiger charge is -2.20. The molecule has 1 atom stereocenters. The molecule has 5 heteroatoms. The number of benzene rings is 2. The number of carbonyl (C=O) groups excluding carboxylic acids is 1. The van der Waals surface area contributed by atoms with E-state index in [1.807, 2.05) is 48.5 Å². The van der Waals surface area contributed by atoms with Crippen molar-refractivity contribution in [3.05, 3.63) is 48.5 Å². The van der Waals surface area contributed by atoms with Crippen molar-refractivity contribution in [2.24, 2.45) is 0 Å². The minimum atomic E-state index is -0.267. The third-order valence-electron chi connectivity index (χ3n) is 4.02. The minimum absolute atomic E-state index is 0.0420. The zero-order valence-corrected chi connectivity index (χ0v) is 13.3. The van der Waals surface area contributed by atoms with Gasteiger partial charge in [-0.05, 0) is 30.7 Å². The Hall–Kier alpha value is -2.69.